The molecule has 1 saturated carbocycles. The molecule has 1 unspecified atom stereocenters. The molecule has 0 bridgehead atoms. The van der Waals surface area contributed by atoms with Crippen molar-refractivity contribution >= 4 is 15.9 Å². The standard InChI is InChI=1S/C12H22N2O4S/c13-12(15)11-8-18-7-6-14(11)19(16,17)9-10-4-2-1-3-5-10/h10-11H,1-9H2,(H2,13,15). The molecular formula is C12H22N2O4S. The fourth-order valence-corrected chi connectivity index (χ4v) is 4.92. The number of rotatable bonds is 4. The number of carbonyl (C=O) groups excluding carboxylic acids is 1. The van der Waals surface area contributed by atoms with Gasteiger partial charge < -0.3 is 10.5 Å². The van der Waals surface area contributed by atoms with Crippen molar-refractivity contribution in [2.45, 2.75) is 38.1 Å². The van der Waals surface area contributed by atoms with Crippen molar-refractivity contribution in [1.29, 1.82) is 0 Å². The normalized spacial score (nSPS) is 27.3. The number of primary amides is 1. The largest absolute Gasteiger partial charge is 0.378 e. The highest BCUT2D eigenvalue weighted by Crippen LogP contribution is 2.26. The van der Waals surface area contributed by atoms with Crippen LogP contribution in [0.4, 0.5) is 0 Å². The Balaban J connectivity index is 2.05. The van der Waals surface area contributed by atoms with Gasteiger partial charge in [-0.15, -0.1) is 0 Å². The zero-order valence-electron chi connectivity index (χ0n) is 11.1. The summed E-state index contributed by atoms with van der Waals surface area (Å²) in [6, 6.07) is -0.845. The van der Waals surface area contributed by atoms with Crippen LogP contribution in [0, 0.1) is 5.92 Å². The second-order valence-electron chi connectivity index (χ2n) is 5.39. The van der Waals surface area contributed by atoms with Gasteiger partial charge in [0.1, 0.15) is 6.04 Å². The summed E-state index contributed by atoms with van der Waals surface area (Å²) in [6.45, 7) is 0.621. The van der Waals surface area contributed by atoms with Crippen molar-refractivity contribution in [3.05, 3.63) is 0 Å². The summed E-state index contributed by atoms with van der Waals surface area (Å²) >= 11 is 0. The van der Waals surface area contributed by atoms with Crippen molar-refractivity contribution in [3.8, 4) is 0 Å². The fourth-order valence-electron chi connectivity index (χ4n) is 2.89. The maximum Gasteiger partial charge on any atom is 0.238 e. The molecule has 1 saturated heterocycles. The molecule has 0 aromatic rings. The minimum Gasteiger partial charge on any atom is -0.378 e. The first-order valence-electron chi connectivity index (χ1n) is 6.87. The van der Waals surface area contributed by atoms with Crippen molar-refractivity contribution in [2.24, 2.45) is 11.7 Å². The second kappa shape index (κ2) is 6.19. The molecular weight excluding hydrogens is 268 g/mol. The summed E-state index contributed by atoms with van der Waals surface area (Å²) in [5.74, 6) is -0.279. The third-order valence-corrected chi connectivity index (χ3v) is 5.98. The van der Waals surface area contributed by atoms with Crippen molar-refractivity contribution < 1.29 is 17.9 Å². The van der Waals surface area contributed by atoms with Crippen LogP contribution in [0.15, 0.2) is 0 Å². The Morgan fingerprint density at radius 1 is 1.26 bits per heavy atom. The van der Waals surface area contributed by atoms with Crippen LogP contribution in [0.25, 0.3) is 0 Å². The van der Waals surface area contributed by atoms with E-state index in [4.69, 9.17) is 10.5 Å². The number of nitrogens with zero attached hydrogens (tertiary/aromatic N) is 1. The van der Waals surface area contributed by atoms with Gasteiger partial charge in [-0.2, -0.15) is 4.31 Å². The molecule has 0 aromatic carbocycles. The number of ether oxygens (including phenoxy) is 1. The lowest BCUT2D eigenvalue weighted by Crippen LogP contribution is -2.55. The molecule has 1 heterocycles. The van der Waals surface area contributed by atoms with Gasteiger partial charge in [-0.1, -0.05) is 19.3 Å². The number of hydrogen-bond donors (Lipinski definition) is 1. The zero-order valence-corrected chi connectivity index (χ0v) is 11.9. The molecule has 19 heavy (non-hydrogen) atoms. The predicted molar refractivity (Wildman–Crippen MR) is 70.9 cm³/mol. The minimum absolute atomic E-state index is 0.0687. The van der Waals surface area contributed by atoms with Gasteiger partial charge in [0.05, 0.1) is 19.0 Å². The first-order valence-corrected chi connectivity index (χ1v) is 8.48. The van der Waals surface area contributed by atoms with Crippen LogP contribution >= 0.6 is 0 Å². The maximum absolute atomic E-state index is 12.4. The summed E-state index contributed by atoms with van der Waals surface area (Å²) in [6.07, 6.45) is 5.32. The van der Waals surface area contributed by atoms with Crippen LogP contribution in [-0.2, 0) is 19.6 Å². The van der Waals surface area contributed by atoms with Gasteiger partial charge >= 0.3 is 0 Å². The van der Waals surface area contributed by atoms with Crippen molar-refractivity contribution in [3.63, 3.8) is 0 Å². The number of nitrogens with two attached hydrogens (primary N) is 1. The number of sulfonamides is 1. The first-order chi connectivity index (χ1) is 9.00. The highest BCUT2D eigenvalue weighted by molar-refractivity contribution is 7.89. The van der Waals surface area contributed by atoms with Crippen LogP contribution in [-0.4, -0.2) is 50.2 Å². The van der Waals surface area contributed by atoms with E-state index in [9.17, 15) is 13.2 Å². The Morgan fingerprint density at radius 3 is 2.58 bits per heavy atom. The monoisotopic (exact) mass is 290 g/mol. The van der Waals surface area contributed by atoms with Gasteiger partial charge in [-0.3, -0.25) is 4.79 Å². The van der Waals surface area contributed by atoms with E-state index < -0.39 is 22.0 Å². The third-order valence-electron chi connectivity index (χ3n) is 3.94. The minimum atomic E-state index is -3.42. The molecule has 110 valence electrons. The van der Waals surface area contributed by atoms with Gasteiger partial charge in [0.2, 0.25) is 15.9 Å². The van der Waals surface area contributed by atoms with E-state index in [1.165, 1.54) is 10.7 Å². The quantitative estimate of drug-likeness (QED) is 0.794. The average molecular weight is 290 g/mol. The number of amides is 1. The summed E-state index contributed by atoms with van der Waals surface area (Å²) in [5.41, 5.74) is 5.26. The van der Waals surface area contributed by atoms with Crippen LogP contribution in [0.5, 0.6) is 0 Å². The fraction of sp³-hybridized carbons (Fsp3) is 0.917. The Kier molecular flexibility index (Phi) is 4.81. The number of hydrogen-bond acceptors (Lipinski definition) is 4. The summed E-state index contributed by atoms with van der Waals surface area (Å²) in [5, 5.41) is 0. The van der Waals surface area contributed by atoms with E-state index in [1.54, 1.807) is 0 Å². The zero-order chi connectivity index (χ0) is 13.9. The Hall–Kier alpha value is -0.660. The molecule has 2 fully saturated rings. The Labute approximate surface area is 114 Å². The Morgan fingerprint density at radius 2 is 1.95 bits per heavy atom. The van der Waals surface area contributed by atoms with E-state index in [1.807, 2.05) is 0 Å². The lowest BCUT2D eigenvalue weighted by molar-refractivity contribution is -0.125. The van der Waals surface area contributed by atoms with Gasteiger partial charge in [0, 0.05) is 6.54 Å². The van der Waals surface area contributed by atoms with Gasteiger partial charge in [-0.05, 0) is 18.8 Å². The summed E-state index contributed by atoms with van der Waals surface area (Å²) in [7, 11) is -3.42. The van der Waals surface area contributed by atoms with E-state index in [-0.39, 0.29) is 24.8 Å². The van der Waals surface area contributed by atoms with E-state index >= 15 is 0 Å². The van der Waals surface area contributed by atoms with E-state index in [2.05, 4.69) is 0 Å². The smallest absolute Gasteiger partial charge is 0.238 e. The first kappa shape index (κ1) is 14.7. The molecule has 7 heteroatoms. The summed E-state index contributed by atoms with van der Waals surface area (Å²) < 4.78 is 31.3. The molecule has 2 aliphatic rings. The lowest BCUT2D eigenvalue weighted by atomic mass is 9.91. The van der Waals surface area contributed by atoms with Crippen LogP contribution in [0.3, 0.4) is 0 Å². The Bertz CT molecular complexity index is 417. The number of morpholine rings is 1. The van der Waals surface area contributed by atoms with Crippen LogP contribution in [0.1, 0.15) is 32.1 Å². The topological polar surface area (TPSA) is 89.7 Å². The van der Waals surface area contributed by atoms with Crippen molar-refractivity contribution in [1.82, 2.24) is 4.31 Å². The lowest BCUT2D eigenvalue weighted by Gasteiger charge is -2.34. The molecule has 1 aliphatic heterocycles. The highest BCUT2D eigenvalue weighted by Gasteiger charge is 2.37. The van der Waals surface area contributed by atoms with Gasteiger partial charge in [0.25, 0.3) is 0 Å². The molecule has 1 aliphatic carbocycles. The molecule has 0 spiro atoms. The second-order valence-corrected chi connectivity index (χ2v) is 7.35. The third kappa shape index (κ3) is 3.67. The SMILES string of the molecule is NC(=O)C1COCCN1S(=O)(=O)CC1CCCCC1. The van der Waals surface area contributed by atoms with Crippen molar-refractivity contribution in [2.75, 3.05) is 25.5 Å². The molecule has 0 aromatic heterocycles. The molecule has 1 amide bonds. The maximum atomic E-state index is 12.4. The van der Waals surface area contributed by atoms with E-state index in [0.717, 1.165) is 25.7 Å². The number of carbonyl (C=O) groups is 1. The average Bonchev–Trinajstić information content (AvgIpc) is 2.39. The van der Waals surface area contributed by atoms with Crippen LogP contribution < -0.4 is 5.73 Å². The van der Waals surface area contributed by atoms with E-state index in [0.29, 0.717) is 6.61 Å². The molecule has 0 radical (unpaired) electrons. The highest BCUT2D eigenvalue weighted by atomic mass is 32.2. The molecule has 6 nitrogen and oxygen atoms in total. The van der Waals surface area contributed by atoms with Gasteiger partial charge in [0.15, 0.2) is 0 Å². The molecule has 2 rings (SSSR count). The molecule has 2 N–H and O–H groups in total. The van der Waals surface area contributed by atoms with Gasteiger partial charge in [-0.25, -0.2) is 8.42 Å². The summed E-state index contributed by atoms with van der Waals surface area (Å²) in [4.78, 5) is 11.3. The molecule has 1 atom stereocenters. The van der Waals surface area contributed by atoms with Crippen LogP contribution in [0.2, 0.25) is 0 Å². The predicted octanol–water partition coefficient (Wildman–Crippen LogP) is 0.0826.